The normalized spacial score (nSPS) is 15.2. The summed E-state index contributed by atoms with van der Waals surface area (Å²) in [4.78, 5) is 17.4. The lowest BCUT2D eigenvalue weighted by Gasteiger charge is -2.29. The van der Waals surface area contributed by atoms with E-state index in [9.17, 15) is 4.79 Å². The Morgan fingerprint density at radius 3 is 2.47 bits per heavy atom. The second-order valence-corrected chi connectivity index (χ2v) is 8.65. The van der Waals surface area contributed by atoms with Crippen LogP contribution >= 0.6 is 0 Å². The van der Waals surface area contributed by atoms with Crippen molar-refractivity contribution in [3.05, 3.63) is 78.4 Å². The van der Waals surface area contributed by atoms with Crippen LogP contribution in [0.15, 0.2) is 71.6 Å². The molecular formula is C25H23N3O2. The van der Waals surface area contributed by atoms with Crippen LogP contribution < -0.4 is 5.84 Å². The fourth-order valence-electron chi connectivity index (χ4n) is 4.50. The molecule has 5 rings (SSSR count). The number of rotatable bonds is 3. The third-order valence-electron chi connectivity index (χ3n) is 5.78. The summed E-state index contributed by atoms with van der Waals surface area (Å²) in [6.45, 7) is 4.23. The molecule has 150 valence electrons. The third-order valence-corrected chi connectivity index (χ3v) is 5.78. The number of benzene rings is 1. The number of carbonyl (C=O) groups is 1. The Kier molecular flexibility index (Phi) is 4.13. The van der Waals surface area contributed by atoms with Crippen LogP contribution in [0.5, 0.6) is 0 Å². The Morgan fingerprint density at radius 2 is 1.73 bits per heavy atom. The number of fused-ring (bicyclic) bond motifs is 1. The molecule has 0 unspecified atom stereocenters. The predicted octanol–water partition coefficient (Wildman–Crippen LogP) is 5.35. The van der Waals surface area contributed by atoms with Crippen LogP contribution in [0.1, 0.15) is 36.3 Å². The van der Waals surface area contributed by atoms with E-state index in [-0.39, 0.29) is 11.2 Å². The summed E-state index contributed by atoms with van der Waals surface area (Å²) >= 11 is 0. The van der Waals surface area contributed by atoms with E-state index in [0.29, 0.717) is 6.42 Å². The minimum Gasteiger partial charge on any atom is -0.464 e. The maximum Gasteiger partial charge on any atom is 0.165 e. The van der Waals surface area contributed by atoms with Crippen molar-refractivity contribution in [1.82, 2.24) is 9.66 Å². The van der Waals surface area contributed by atoms with Crippen molar-refractivity contribution < 1.29 is 9.21 Å². The van der Waals surface area contributed by atoms with Gasteiger partial charge in [-0.1, -0.05) is 32.0 Å². The topological polar surface area (TPSA) is 74.0 Å². The highest BCUT2D eigenvalue weighted by Gasteiger charge is 2.38. The highest BCUT2D eigenvalue weighted by Crippen LogP contribution is 2.45. The minimum absolute atomic E-state index is 0.123. The van der Waals surface area contributed by atoms with Gasteiger partial charge in [-0.3, -0.25) is 14.5 Å². The Balaban J connectivity index is 1.80. The van der Waals surface area contributed by atoms with Crippen molar-refractivity contribution in [3.63, 3.8) is 0 Å². The first-order chi connectivity index (χ1) is 14.4. The number of nitrogen functional groups attached to an aromatic ring is 1. The lowest BCUT2D eigenvalue weighted by molar-refractivity contribution is 0.0911. The molecule has 0 fully saturated rings. The fraction of sp³-hybridized carbons (Fsp3) is 0.200. The predicted molar refractivity (Wildman–Crippen MR) is 117 cm³/mol. The highest BCUT2D eigenvalue weighted by atomic mass is 16.3. The summed E-state index contributed by atoms with van der Waals surface area (Å²) in [5, 5.41) is 0. The second-order valence-electron chi connectivity index (χ2n) is 8.65. The van der Waals surface area contributed by atoms with Crippen molar-refractivity contribution in [1.29, 1.82) is 0 Å². The summed E-state index contributed by atoms with van der Waals surface area (Å²) in [5.74, 6) is 7.56. The summed E-state index contributed by atoms with van der Waals surface area (Å²) in [6.07, 6.45) is 6.41. The average molecular weight is 397 g/mol. The maximum absolute atomic E-state index is 13.3. The molecule has 1 aromatic carbocycles. The van der Waals surface area contributed by atoms with Gasteiger partial charge in [0.25, 0.3) is 0 Å². The highest BCUT2D eigenvalue weighted by molar-refractivity contribution is 6.08. The Morgan fingerprint density at radius 1 is 0.967 bits per heavy atom. The molecule has 5 nitrogen and oxygen atoms in total. The van der Waals surface area contributed by atoms with Gasteiger partial charge in [-0.15, -0.1) is 0 Å². The van der Waals surface area contributed by atoms with Gasteiger partial charge in [-0.25, -0.2) is 0 Å². The van der Waals surface area contributed by atoms with Crippen LogP contribution in [-0.4, -0.2) is 15.4 Å². The molecule has 2 N–H and O–H groups in total. The zero-order valence-corrected chi connectivity index (χ0v) is 17.1. The van der Waals surface area contributed by atoms with E-state index in [1.165, 1.54) is 0 Å². The van der Waals surface area contributed by atoms with Gasteiger partial charge < -0.3 is 10.3 Å². The molecule has 1 aliphatic carbocycles. The zero-order valence-electron chi connectivity index (χ0n) is 17.1. The molecule has 0 amide bonds. The zero-order chi connectivity index (χ0) is 20.9. The molecule has 0 aliphatic heterocycles. The molecule has 0 bridgehead atoms. The van der Waals surface area contributed by atoms with Crippen LogP contribution in [0.4, 0.5) is 0 Å². The summed E-state index contributed by atoms with van der Waals surface area (Å²) in [6, 6.07) is 15.7. The Labute approximate surface area is 175 Å². The second kappa shape index (κ2) is 6.73. The first kappa shape index (κ1) is 18.4. The molecule has 3 aromatic heterocycles. The molecule has 30 heavy (non-hydrogen) atoms. The molecule has 0 radical (unpaired) electrons. The lowest BCUT2D eigenvalue weighted by atomic mass is 9.75. The number of ketones is 1. The van der Waals surface area contributed by atoms with Gasteiger partial charge in [-0.2, -0.15) is 0 Å². The van der Waals surface area contributed by atoms with Gasteiger partial charge in [0, 0.05) is 41.1 Å². The van der Waals surface area contributed by atoms with Crippen molar-refractivity contribution in [3.8, 4) is 33.7 Å². The molecule has 1 aliphatic rings. The minimum atomic E-state index is -0.123. The summed E-state index contributed by atoms with van der Waals surface area (Å²) in [5.41, 5.74) is 6.07. The number of furan rings is 1. The Bertz CT molecular complexity index is 1240. The number of pyridine rings is 1. The van der Waals surface area contributed by atoms with E-state index < -0.39 is 0 Å². The van der Waals surface area contributed by atoms with Crippen molar-refractivity contribution in [2.75, 3.05) is 5.84 Å². The van der Waals surface area contributed by atoms with Gasteiger partial charge in [0.05, 0.1) is 17.7 Å². The maximum atomic E-state index is 13.3. The van der Waals surface area contributed by atoms with Gasteiger partial charge in [-0.05, 0) is 47.7 Å². The van der Waals surface area contributed by atoms with Gasteiger partial charge in [0.1, 0.15) is 5.76 Å². The van der Waals surface area contributed by atoms with E-state index in [4.69, 9.17) is 10.3 Å². The standard InChI is InChI=1S/C25H23N3O2/c1-25(2)14-19-23(20(29)15-25)22(24(28(19)26)16-8-10-27-11-9-16)18-6-3-5-17(13-18)21-7-4-12-30-21/h3-13H,14-15,26H2,1-2H3. The quantitative estimate of drug-likeness (QED) is 0.473. The smallest absolute Gasteiger partial charge is 0.165 e. The SMILES string of the molecule is CC1(C)CC(=O)c2c(-c3cccc(-c4ccco4)c3)c(-c3ccncc3)n(N)c2C1. The van der Waals surface area contributed by atoms with Gasteiger partial charge in [0.15, 0.2) is 5.78 Å². The Hall–Kier alpha value is -3.60. The van der Waals surface area contributed by atoms with Crippen LogP contribution in [0.3, 0.4) is 0 Å². The number of aromatic nitrogens is 2. The van der Waals surface area contributed by atoms with Crippen LogP contribution in [0, 0.1) is 5.41 Å². The lowest BCUT2D eigenvalue weighted by Crippen LogP contribution is -2.29. The van der Waals surface area contributed by atoms with E-state index in [2.05, 4.69) is 24.9 Å². The molecule has 0 saturated carbocycles. The van der Waals surface area contributed by atoms with E-state index in [1.54, 1.807) is 23.3 Å². The number of hydrogen-bond acceptors (Lipinski definition) is 4. The molecular weight excluding hydrogens is 374 g/mol. The molecule has 0 saturated heterocycles. The van der Waals surface area contributed by atoms with Crippen LogP contribution in [-0.2, 0) is 6.42 Å². The number of nitrogens with zero attached hydrogens (tertiary/aromatic N) is 2. The van der Waals surface area contributed by atoms with E-state index in [0.717, 1.165) is 51.4 Å². The third kappa shape index (κ3) is 2.94. The molecule has 3 heterocycles. The number of Topliss-reactive ketones (excluding diaryl/α,β-unsaturated/α-hetero) is 1. The van der Waals surface area contributed by atoms with Crippen molar-refractivity contribution in [2.24, 2.45) is 5.41 Å². The first-order valence-electron chi connectivity index (χ1n) is 10.1. The number of nitrogens with two attached hydrogens (primary N) is 1. The van der Waals surface area contributed by atoms with Crippen LogP contribution in [0.2, 0.25) is 0 Å². The van der Waals surface area contributed by atoms with E-state index in [1.807, 2.05) is 42.5 Å². The molecule has 0 spiro atoms. The van der Waals surface area contributed by atoms with Crippen LogP contribution in [0.25, 0.3) is 33.7 Å². The fourth-order valence-corrected chi connectivity index (χ4v) is 4.50. The molecule has 4 aromatic rings. The first-order valence-corrected chi connectivity index (χ1v) is 10.1. The monoisotopic (exact) mass is 397 g/mol. The summed E-state index contributed by atoms with van der Waals surface area (Å²) in [7, 11) is 0. The van der Waals surface area contributed by atoms with Gasteiger partial charge in [0.2, 0.25) is 0 Å². The van der Waals surface area contributed by atoms with Gasteiger partial charge >= 0.3 is 0 Å². The molecule has 5 heteroatoms. The summed E-state index contributed by atoms with van der Waals surface area (Å²) < 4.78 is 7.29. The molecule has 0 atom stereocenters. The van der Waals surface area contributed by atoms with E-state index >= 15 is 0 Å². The number of carbonyl (C=O) groups excluding carboxylic acids is 1. The number of hydrogen-bond donors (Lipinski definition) is 1. The van der Waals surface area contributed by atoms with Crippen molar-refractivity contribution in [2.45, 2.75) is 26.7 Å². The largest absolute Gasteiger partial charge is 0.464 e. The van der Waals surface area contributed by atoms with Crippen molar-refractivity contribution >= 4 is 5.78 Å². The average Bonchev–Trinajstić information content (AvgIpc) is 3.35.